The number of hydrogen-bond donors (Lipinski definition) is 0. The van der Waals surface area contributed by atoms with Crippen molar-refractivity contribution >= 4 is 23.2 Å². The number of aromatic nitrogens is 3. The fraction of sp³-hybridized carbons (Fsp3) is 0.385. The molecule has 1 heterocycles. The van der Waals surface area contributed by atoms with Gasteiger partial charge >= 0.3 is 0 Å². The van der Waals surface area contributed by atoms with E-state index in [4.69, 9.17) is 23.2 Å². The SMILES string of the molecule is CCn1cc(CC(C)c2c(Cl)cccc2Cl)nn1. The van der Waals surface area contributed by atoms with Crippen molar-refractivity contribution in [1.29, 1.82) is 0 Å². The monoisotopic (exact) mass is 283 g/mol. The molecule has 0 amide bonds. The van der Waals surface area contributed by atoms with Crippen molar-refractivity contribution in [3.63, 3.8) is 0 Å². The van der Waals surface area contributed by atoms with Gasteiger partial charge in [0.05, 0.1) is 5.69 Å². The quantitative estimate of drug-likeness (QED) is 0.851. The van der Waals surface area contributed by atoms with E-state index in [0.29, 0.717) is 10.0 Å². The van der Waals surface area contributed by atoms with Crippen LogP contribution in [0.4, 0.5) is 0 Å². The molecule has 0 saturated carbocycles. The molecule has 0 spiro atoms. The third-order valence-electron chi connectivity index (χ3n) is 2.92. The van der Waals surface area contributed by atoms with Crippen molar-refractivity contribution in [3.05, 3.63) is 45.7 Å². The van der Waals surface area contributed by atoms with Gasteiger partial charge in [-0.15, -0.1) is 5.10 Å². The highest BCUT2D eigenvalue weighted by Crippen LogP contribution is 2.32. The smallest absolute Gasteiger partial charge is 0.0833 e. The maximum atomic E-state index is 6.20. The molecule has 0 saturated heterocycles. The average molecular weight is 284 g/mol. The molecule has 18 heavy (non-hydrogen) atoms. The lowest BCUT2D eigenvalue weighted by atomic mass is 9.96. The van der Waals surface area contributed by atoms with Crippen LogP contribution >= 0.6 is 23.2 Å². The minimum absolute atomic E-state index is 0.216. The molecule has 96 valence electrons. The van der Waals surface area contributed by atoms with Gasteiger partial charge in [0.25, 0.3) is 0 Å². The molecule has 0 aliphatic heterocycles. The van der Waals surface area contributed by atoms with E-state index in [1.54, 1.807) is 0 Å². The van der Waals surface area contributed by atoms with Crippen molar-refractivity contribution in [3.8, 4) is 0 Å². The topological polar surface area (TPSA) is 30.7 Å². The van der Waals surface area contributed by atoms with E-state index in [1.807, 2.05) is 36.0 Å². The largest absolute Gasteiger partial charge is 0.253 e. The molecule has 0 radical (unpaired) electrons. The second kappa shape index (κ2) is 5.72. The van der Waals surface area contributed by atoms with Gasteiger partial charge in [-0.3, -0.25) is 4.68 Å². The normalized spacial score (nSPS) is 12.7. The van der Waals surface area contributed by atoms with Crippen LogP contribution in [0, 0.1) is 0 Å². The molecule has 1 aromatic heterocycles. The number of halogens is 2. The van der Waals surface area contributed by atoms with E-state index in [-0.39, 0.29) is 5.92 Å². The molecule has 0 aliphatic rings. The molecular formula is C13H15Cl2N3. The zero-order valence-corrected chi connectivity index (χ0v) is 11.9. The van der Waals surface area contributed by atoms with Crippen molar-refractivity contribution in [2.24, 2.45) is 0 Å². The Bertz CT molecular complexity index is 517. The van der Waals surface area contributed by atoms with E-state index in [1.165, 1.54) is 0 Å². The summed E-state index contributed by atoms with van der Waals surface area (Å²) in [6.07, 6.45) is 2.74. The number of hydrogen-bond acceptors (Lipinski definition) is 2. The second-order valence-electron chi connectivity index (χ2n) is 4.31. The molecule has 1 aromatic carbocycles. The molecule has 1 unspecified atom stereocenters. The molecule has 0 aliphatic carbocycles. The molecule has 1 atom stereocenters. The Labute approximate surface area is 117 Å². The van der Waals surface area contributed by atoms with Crippen molar-refractivity contribution in [2.45, 2.75) is 32.7 Å². The van der Waals surface area contributed by atoms with Crippen molar-refractivity contribution in [1.82, 2.24) is 15.0 Å². The van der Waals surface area contributed by atoms with Crippen LogP contribution in [-0.2, 0) is 13.0 Å². The summed E-state index contributed by atoms with van der Waals surface area (Å²) in [5.74, 6) is 0.216. The third-order valence-corrected chi connectivity index (χ3v) is 3.58. The summed E-state index contributed by atoms with van der Waals surface area (Å²) in [6.45, 7) is 4.96. The van der Waals surface area contributed by atoms with Gasteiger partial charge in [0.15, 0.2) is 0 Å². The lowest BCUT2D eigenvalue weighted by Crippen LogP contribution is -2.01. The Hall–Kier alpha value is -1.06. The Balaban J connectivity index is 2.19. The standard InChI is InChI=1S/C13H15Cl2N3/c1-3-18-8-10(16-17-18)7-9(2)13-11(14)5-4-6-12(13)15/h4-6,8-9H,3,7H2,1-2H3. The summed E-state index contributed by atoms with van der Waals surface area (Å²) in [7, 11) is 0. The number of benzene rings is 1. The van der Waals surface area contributed by atoms with Gasteiger partial charge in [-0.05, 0) is 37.0 Å². The van der Waals surface area contributed by atoms with E-state index in [2.05, 4.69) is 17.2 Å². The molecule has 2 aromatic rings. The summed E-state index contributed by atoms with van der Waals surface area (Å²) < 4.78 is 1.82. The zero-order valence-electron chi connectivity index (χ0n) is 10.4. The van der Waals surface area contributed by atoms with Crippen LogP contribution in [0.2, 0.25) is 10.0 Å². The Morgan fingerprint density at radius 3 is 2.50 bits per heavy atom. The Kier molecular flexibility index (Phi) is 4.25. The lowest BCUT2D eigenvalue weighted by molar-refractivity contribution is 0.626. The number of rotatable bonds is 4. The van der Waals surface area contributed by atoms with Crippen LogP contribution in [0.5, 0.6) is 0 Å². The maximum absolute atomic E-state index is 6.20. The van der Waals surface area contributed by atoms with Crippen LogP contribution in [-0.4, -0.2) is 15.0 Å². The lowest BCUT2D eigenvalue weighted by Gasteiger charge is -2.13. The molecular weight excluding hydrogens is 269 g/mol. The van der Waals surface area contributed by atoms with Crippen molar-refractivity contribution in [2.75, 3.05) is 0 Å². The van der Waals surface area contributed by atoms with Crippen LogP contribution in [0.1, 0.15) is 31.0 Å². The first kappa shape index (κ1) is 13.4. The molecule has 0 fully saturated rings. The Morgan fingerprint density at radius 1 is 1.28 bits per heavy atom. The van der Waals surface area contributed by atoms with E-state index in [9.17, 15) is 0 Å². The maximum Gasteiger partial charge on any atom is 0.0833 e. The number of nitrogens with zero attached hydrogens (tertiary/aromatic N) is 3. The highest BCUT2D eigenvalue weighted by Gasteiger charge is 2.15. The van der Waals surface area contributed by atoms with Gasteiger partial charge in [-0.25, -0.2) is 0 Å². The molecule has 3 nitrogen and oxygen atoms in total. The van der Waals surface area contributed by atoms with Crippen LogP contribution in [0.3, 0.4) is 0 Å². The fourth-order valence-electron chi connectivity index (χ4n) is 1.98. The van der Waals surface area contributed by atoms with Crippen LogP contribution in [0.15, 0.2) is 24.4 Å². The van der Waals surface area contributed by atoms with Gasteiger partial charge in [0.2, 0.25) is 0 Å². The summed E-state index contributed by atoms with van der Waals surface area (Å²) >= 11 is 12.4. The Morgan fingerprint density at radius 2 is 1.94 bits per heavy atom. The highest BCUT2D eigenvalue weighted by molar-refractivity contribution is 6.36. The fourth-order valence-corrected chi connectivity index (χ4v) is 2.75. The van der Waals surface area contributed by atoms with Gasteiger partial charge in [-0.1, -0.05) is 41.4 Å². The minimum Gasteiger partial charge on any atom is -0.253 e. The predicted octanol–water partition coefficient (Wildman–Crippen LogP) is 3.95. The number of aryl methyl sites for hydroxylation is 1. The summed E-state index contributed by atoms with van der Waals surface area (Å²) in [4.78, 5) is 0. The molecule has 5 heteroatoms. The molecule has 0 N–H and O–H groups in total. The summed E-state index contributed by atoms with van der Waals surface area (Å²) in [5, 5.41) is 9.58. The van der Waals surface area contributed by atoms with Gasteiger partial charge in [-0.2, -0.15) is 0 Å². The zero-order chi connectivity index (χ0) is 13.1. The average Bonchev–Trinajstić information content (AvgIpc) is 2.76. The van der Waals surface area contributed by atoms with Gasteiger partial charge in [0, 0.05) is 22.8 Å². The highest BCUT2D eigenvalue weighted by atomic mass is 35.5. The molecule has 0 bridgehead atoms. The van der Waals surface area contributed by atoms with Crippen LogP contribution < -0.4 is 0 Å². The minimum atomic E-state index is 0.216. The van der Waals surface area contributed by atoms with E-state index < -0.39 is 0 Å². The van der Waals surface area contributed by atoms with Gasteiger partial charge < -0.3 is 0 Å². The summed E-state index contributed by atoms with van der Waals surface area (Å²) in [5.41, 5.74) is 1.94. The third kappa shape index (κ3) is 2.85. The van der Waals surface area contributed by atoms with Crippen molar-refractivity contribution < 1.29 is 0 Å². The second-order valence-corrected chi connectivity index (χ2v) is 5.12. The first-order chi connectivity index (χ1) is 8.61. The first-order valence-electron chi connectivity index (χ1n) is 5.94. The van der Waals surface area contributed by atoms with Gasteiger partial charge in [0.1, 0.15) is 0 Å². The van der Waals surface area contributed by atoms with E-state index in [0.717, 1.165) is 24.2 Å². The van der Waals surface area contributed by atoms with E-state index >= 15 is 0 Å². The molecule has 2 rings (SSSR count). The summed E-state index contributed by atoms with van der Waals surface area (Å²) in [6, 6.07) is 5.58. The van der Waals surface area contributed by atoms with Crippen LogP contribution in [0.25, 0.3) is 0 Å². The first-order valence-corrected chi connectivity index (χ1v) is 6.70. The predicted molar refractivity (Wildman–Crippen MR) is 74.3 cm³/mol.